The summed E-state index contributed by atoms with van der Waals surface area (Å²) in [5.74, 6) is 1.04. The Balaban J connectivity index is 2.95. The molecule has 0 atom stereocenters. The van der Waals surface area contributed by atoms with E-state index in [0.717, 1.165) is 29.8 Å². The second-order valence-electron chi connectivity index (χ2n) is 5.80. The van der Waals surface area contributed by atoms with Gasteiger partial charge in [-0.05, 0) is 43.6 Å². The minimum absolute atomic E-state index is 0.0351. The van der Waals surface area contributed by atoms with E-state index in [1.54, 1.807) is 7.11 Å². The maximum atomic E-state index is 12.1. The van der Waals surface area contributed by atoms with Crippen LogP contribution in [0.15, 0.2) is 18.2 Å². The second-order valence-corrected chi connectivity index (χ2v) is 5.80. The van der Waals surface area contributed by atoms with Crippen molar-refractivity contribution >= 4 is 5.78 Å². The molecule has 1 aromatic carbocycles. The molecule has 0 heterocycles. The Labute approximate surface area is 116 Å². The van der Waals surface area contributed by atoms with E-state index in [1.165, 1.54) is 0 Å². The van der Waals surface area contributed by atoms with Gasteiger partial charge in [-0.2, -0.15) is 0 Å². The van der Waals surface area contributed by atoms with Crippen molar-refractivity contribution in [3.8, 4) is 5.75 Å². The number of carbonyl (C=O) groups is 1. The molecule has 1 N–H and O–H groups in total. The predicted molar refractivity (Wildman–Crippen MR) is 79.2 cm³/mol. The summed E-state index contributed by atoms with van der Waals surface area (Å²) in [6.45, 7) is 7.24. The third-order valence-electron chi connectivity index (χ3n) is 3.16. The van der Waals surface area contributed by atoms with Gasteiger partial charge < -0.3 is 10.1 Å². The normalized spacial score (nSPS) is 11.4. The molecule has 0 aromatic heterocycles. The number of Topliss-reactive ketones (excluding diaryl/α,β-unsaturated/α-hetero) is 1. The van der Waals surface area contributed by atoms with Gasteiger partial charge in [-0.1, -0.05) is 20.8 Å². The number of ketones is 1. The Bertz CT molecular complexity index is 433. The van der Waals surface area contributed by atoms with Crippen LogP contribution in [0.5, 0.6) is 5.75 Å². The van der Waals surface area contributed by atoms with Gasteiger partial charge in [-0.15, -0.1) is 0 Å². The fourth-order valence-corrected chi connectivity index (χ4v) is 2.04. The smallest absolute Gasteiger partial charge is 0.162 e. The number of methoxy groups -OCH3 is 1. The molecular weight excluding hydrogens is 238 g/mol. The molecule has 3 nitrogen and oxygen atoms in total. The summed E-state index contributed by atoms with van der Waals surface area (Å²) in [7, 11) is 3.56. The van der Waals surface area contributed by atoms with Crippen LogP contribution in [0.4, 0.5) is 0 Å². The van der Waals surface area contributed by atoms with Crippen LogP contribution in [0.1, 0.15) is 49.5 Å². The Morgan fingerprint density at radius 1 is 1.32 bits per heavy atom. The standard InChI is InChI=1S/C16H25NO2/c1-16(2,3)13-11-12(8-9-15(13)19-5)14(18)7-6-10-17-4/h8-9,11,17H,6-7,10H2,1-5H3. The lowest BCUT2D eigenvalue weighted by Crippen LogP contribution is -2.15. The van der Waals surface area contributed by atoms with Crippen molar-refractivity contribution in [1.82, 2.24) is 5.32 Å². The van der Waals surface area contributed by atoms with Crippen molar-refractivity contribution in [3.05, 3.63) is 29.3 Å². The van der Waals surface area contributed by atoms with Gasteiger partial charge in [0.25, 0.3) is 0 Å². The summed E-state index contributed by atoms with van der Waals surface area (Å²) >= 11 is 0. The largest absolute Gasteiger partial charge is 0.496 e. The SMILES string of the molecule is CNCCCC(=O)c1ccc(OC)c(C(C)(C)C)c1. The van der Waals surface area contributed by atoms with Crippen molar-refractivity contribution in [1.29, 1.82) is 0 Å². The molecule has 0 aliphatic heterocycles. The Hall–Kier alpha value is -1.35. The van der Waals surface area contributed by atoms with E-state index in [4.69, 9.17) is 4.74 Å². The van der Waals surface area contributed by atoms with Crippen LogP contribution in [-0.2, 0) is 5.41 Å². The summed E-state index contributed by atoms with van der Waals surface area (Å²) < 4.78 is 5.38. The van der Waals surface area contributed by atoms with Crippen LogP contribution in [0.3, 0.4) is 0 Å². The molecule has 0 saturated heterocycles. The first-order chi connectivity index (χ1) is 8.90. The second kappa shape index (κ2) is 6.71. The molecule has 0 unspecified atom stereocenters. The van der Waals surface area contributed by atoms with Gasteiger partial charge >= 0.3 is 0 Å². The molecule has 0 radical (unpaired) electrons. The van der Waals surface area contributed by atoms with Gasteiger partial charge in [0.05, 0.1) is 7.11 Å². The summed E-state index contributed by atoms with van der Waals surface area (Å²) in [6.07, 6.45) is 1.45. The first kappa shape index (κ1) is 15.7. The molecule has 0 spiro atoms. The van der Waals surface area contributed by atoms with E-state index < -0.39 is 0 Å². The molecular formula is C16H25NO2. The monoisotopic (exact) mass is 263 g/mol. The molecule has 0 amide bonds. The van der Waals surface area contributed by atoms with E-state index in [1.807, 2.05) is 25.2 Å². The van der Waals surface area contributed by atoms with Gasteiger partial charge in [0.2, 0.25) is 0 Å². The van der Waals surface area contributed by atoms with Crippen LogP contribution in [-0.4, -0.2) is 26.5 Å². The lowest BCUT2D eigenvalue weighted by molar-refractivity contribution is 0.0980. The molecule has 1 rings (SSSR count). The molecule has 0 fully saturated rings. The summed E-state index contributed by atoms with van der Waals surface area (Å²) in [5, 5.41) is 3.06. The number of carbonyl (C=O) groups excluding carboxylic acids is 1. The van der Waals surface area contributed by atoms with E-state index >= 15 is 0 Å². The van der Waals surface area contributed by atoms with Crippen molar-refractivity contribution < 1.29 is 9.53 Å². The number of nitrogens with one attached hydrogen (secondary N) is 1. The van der Waals surface area contributed by atoms with Gasteiger partial charge in [-0.25, -0.2) is 0 Å². The van der Waals surface area contributed by atoms with Gasteiger partial charge in [-0.3, -0.25) is 4.79 Å². The minimum atomic E-state index is -0.0351. The number of hydrogen-bond acceptors (Lipinski definition) is 3. The highest BCUT2D eigenvalue weighted by molar-refractivity contribution is 5.96. The minimum Gasteiger partial charge on any atom is -0.496 e. The summed E-state index contributed by atoms with van der Waals surface area (Å²) in [5.41, 5.74) is 1.82. The zero-order chi connectivity index (χ0) is 14.5. The molecule has 3 heteroatoms. The average molecular weight is 263 g/mol. The van der Waals surface area contributed by atoms with E-state index in [9.17, 15) is 4.79 Å². The highest BCUT2D eigenvalue weighted by atomic mass is 16.5. The highest BCUT2D eigenvalue weighted by Crippen LogP contribution is 2.32. The third-order valence-corrected chi connectivity index (χ3v) is 3.16. The zero-order valence-corrected chi connectivity index (χ0v) is 12.7. The molecule has 0 aliphatic rings. The molecule has 106 valence electrons. The lowest BCUT2D eigenvalue weighted by atomic mass is 9.84. The van der Waals surface area contributed by atoms with Crippen molar-refractivity contribution in [2.24, 2.45) is 0 Å². The summed E-state index contributed by atoms with van der Waals surface area (Å²) in [6, 6.07) is 5.72. The quantitative estimate of drug-likeness (QED) is 0.633. The van der Waals surface area contributed by atoms with Crippen molar-refractivity contribution in [2.75, 3.05) is 20.7 Å². The number of hydrogen-bond donors (Lipinski definition) is 1. The van der Waals surface area contributed by atoms with Crippen LogP contribution in [0.2, 0.25) is 0 Å². The van der Waals surface area contributed by atoms with Gasteiger partial charge in [0, 0.05) is 17.5 Å². The third kappa shape index (κ3) is 4.35. The van der Waals surface area contributed by atoms with Crippen LogP contribution < -0.4 is 10.1 Å². The van der Waals surface area contributed by atoms with Crippen LogP contribution in [0, 0.1) is 0 Å². The van der Waals surface area contributed by atoms with Gasteiger partial charge in [0.1, 0.15) is 5.75 Å². The average Bonchev–Trinajstić information content (AvgIpc) is 2.37. The predicted octanol–water partition coefficient (Wildman–Crippen LogP) is 3.18. The highest BCUT2D eigenvalue weighted by Gasteiger charge is 2.20. The lowest BCUT2D eigenvalue weighted by Gasteiger charge is -2.22. The first-order valence-electron chi connectivity index (χ1n) is 6.76. The molecule has 19 heavy (non-hydrogen) atoms. The maximum absolute atomic E-state index is 12.1. The first-order valence-corrected chi connectivity index (χ1v) is 6.76. The molecule has 1 aromatic rings. The van der Waals surface area contributed by atoms with Crippen molar-refractivity contribution in [2.45, 2.75) is 39.0 Å². The molecule has 0 aliphatic carbocycles. The van der Waals surface area contributed by atoms with E-state index in [2.05, 4.69) is 26.1 Å². The number of ether oxygens (including phenoxy) is 1. The fourth-order valence-electron chi connectivity index (χ4n) is 2.04. The van der Waals surface area contributed by atoms with Crippen LogP contribution >= 0.6 is 0 Å². The number of rotatable bonds is 6. The fraction of sp³-hybridized carbons (Fsp3) is 0.562. The Morgan fingerprint density at radius 3 is 2.53 bits per heavy atom. The Morgan fingerprint density at radius 2 is 2.00 bits per heavy atom. The summed E-state index contributed by atoms with van der Waals surface area (Å²) in [4.78, 5) is 12.1. The maximum Gasteiger partial charge on any atom is 0.162 e. The van der Waals surface area contributed by atoms with E-state index in [-0.39, 0.29) is 11.2 Å². The number of benzene rings is 1. The van der Waals surface area contributed by atoms with Crippen molar-refractivity contribution in [3.63, 3.8) is 0 Å². The zero-order valence-electron chi connectivity index (χ0n) is 12.7. The Kier molecular flexibility index (Phi) is 5.55. The van der Waals surface area contributed by atoms with Gasteiger partial charge in [0.15, 0.2) is 5.78 Å². The molecule has 0 saturated carbocycles. The van der Waals surface area contributed by atoms with E-state index in [0.29, 0.717) is 6.42 Å². The topological polar surface area (TPSA) is 38.3 Å². The molecule has 0 bridgehead atoms. The van der Waals surface area contributed by atoms with Crippen LogP contribution in [0.25, 0.3) is 0 Å².